The van der Waals surface area contributed by atoms with Crippen molar-refractivity contribution in [1.82, 2.24) is 8.97 Å². The van der Waals surface area contributed by atoms with Crippen LogP contribution < -0.4 is 26.2 Å². The first-order chi connectivity index (χ1) is 57.9. The minimum atomic E-state index is -0.819. The summed E-state index contributed by atoms with van der Waals surface area (Å²) in [5.41, 5.74) is 28.6. The van der Waals surface area contributed by atoms with Gasteiger partial charge in [-0.3, -0.25) is 0 Å². The van der Waals surface area contributed by atoms with Gasteiger partial charge in [-0.05, 0) is 178 Å². The largest absolute Gasteiger partial charge is 0.309 e. The fourth-order valence-electron chi connectivity index (χ4n) is 18.3. The number of fused-ring (bicyclic) bond motifs is 15. The predicted octanol–water partition coefficient (Wildman–Crippen LogP) is 27.6. The molecule has 2 aliphatic rings. The Morgan fingerprint density at radius 3 is 1.20 bits per heavy atom. The SMILES string of the molecule is [2H]c1c([2H])c([2H])c2c(c1[2H])c1c([2H])c([2H])c(C(C)(C)C)c([2H])c1n2-c1ccc2c(c1)N(c1c(-c3ccccc3)cc(C(C)(C)C)cc1-c1ccccc1)c1c3c(c4c5cc(-c6ccccc6)ccc5n5c6cc(-c7ccccc7)ccc6c1c45)N(c1c(-c4ccccc4)cc(C(C)(C)C)cc1-c1ccccc1)c1ccc(-c4ccccc4)cc1B23. The highest BCUT2D eigenvalue weighted by Gasteiger charge is 2.49. The molecule has 0 atom stereocenters. The highest BCUT2D eigenvalue weighted by Crippen LogP contribution is 2.60. The summed E-state index contributed by atoms with van der Waals surface area (Å²) in [6, 6.07) is 112. The number of anilines is 6. The van der Waals surface area contributed by atoms with Gasteiger partial charge in [0.1, 0.15) is 0 Å². The Labute approximate surface area is 672 Å². The van der Waals surface area contributed by atoms with E-state index in [2.05, 4.69) is 365 Å². The molecule has 0 saturated carbocycles. The van der Waals surface area contributed by atoms with Gasteiger partial charge < -0.3 is 18.8 Å². The van der Waals surface area contributed by atoms with Crippen molar-refractivity contribution in [3.63, 3.8) is 0 Å². The summed E-state index contributed by atoms with van der Waals surface area (Å²) in [4.78, 5) is 5.29. The highest BCUT2D eigenvalue weighted by molar-refractivity contribution is 7.01. The smallest absolute Gasteiger partial charge is 0.252 e. The van der Waals surface area contributed by atoms with Gasteiger partial charge in [-0.1, -0.05) is 341 Å². The Morgan fingerprint density at radius 2 is 0.708 bits per heavy atom. The van der Waals surface area contributed by atoms with Gasteiger partial charge in [0.25, 0.3) is 6.71 Å². The Hall–Kier alpha value is -13.2. The summed E-state index contributed by atoms with van der Waals surface area (Å²) in [5, 5.41) is 4.45. The molecule has 0 fully saturated rings. The minimum Gasteiger partial charge on any atom is -0.309 e. The van der Waals surface area contributed by atoms with Gasteiger partial charge in [0.05, 0.1) is 59.9 Å². The van der Waals surface area contributed by atoms with Crippen LogP contribution in [0.2, 0.25) is 0 Å². The van der Waals surface area contributed by atoms with Crippen LogP contribution in [-0.2, 0) is 16.2 Å². The Morgan fingerprint density at radius 1 is 0.283 bits per heavy atom. The molecule has 0 aliphatic carbocycles. The van der Waals surface area contributed by atoms with E-state index < -0.39 is 24.2 Å². The molecule has 2 aliphatic heterocycles. The summed E-state index contributed by atoms with van der Waals surface area (Å²) in [6.07, 6.45) is 0. The summed E-state index contributed by atoms with van der Waals surface area (Å²) in [6.45, 7) is 19.1. The first kappa shape index (κ1) is 60.6. The molecule has 0 saturated heterocycles. The van der Waals surface area contributed by atoms with Gasteiger partial charge in [0, 0.05) is 71.6 Å². The standard InChI is InChI=1S/C108H85BN4/c1-106(2,3)78-52-55-83-82-47-31-32-48-92(82)110(96(83)66-78)81-53-56-90-97(67-81)113(102-87(73-43-27-15-28-44-73)64-80(108(7,8)9)65-88(102)74-45-29-16-30-46-74)104-98-84-54-49-77(70-37-21-12-22-38-70)61-95(84)111-93-57-50-75(68-33-17-10-18-34-68)59-89(93)99(103(98)111)105-100(104)109(90)91-60-76(69-35-19-11-20-36-69)51-58-94(91)112(105)101-85(71-39-23-13-24-40-71)62-79(107(4,5)6)63-86(101)72-41-25-14-26-42-72/h10-67H,1-9H3/i31D,32D,47D,48D,52D,55D,66D. The Bertz CT molecular complexity index is 7330. The van der Waals surface area contributed by atoms with Gasteiger partial charge in [-0.2, -0.15) is 0 Å². The highest BCUT2D eigenvalue weighted by atomic mass is 15.2. The molecule has 21 rings (SSSR count). The average Bonchev–Trinajstić information content (AvgIpc) is 1.35. The van der Waals surface area contributed by atoms with Crippen molar-refractivity contribution in [2.45, 2.75) is 78.6 Å². The molecule has 0 N–H and O–H groups in total. The van der Waals surface area contributed by atoms with E-state index in [0.29, 0.717) is 11.3 Å². The van der Waals surface area contributed by atoms with Gasteiger partial charge in [0.15, 0.2) is 0 Å². The molecule has 113 heavy (non-hydrogen) atoms. The van der Waals surface area contributed by atoms with E-state index in [-0.39, 0.29) is 62.8 Å². The molecule has 0 bridgehead atoms. The molecule has 540 valence electrons. The van der Waals surface area contributed by atoms with Crippen molar-refractivity contribution < 1.29 is 9.60 Å². The molecule has 4 nitrogen and oxygen atoms in total. The molecule has 0 unspecified atom stereocenters. The Kier molecular flexibility index (Phi) is 13.8. The van der Waals surface area contributed by atoms with Crippen LogP contribution in [0.1, 0.15) is 88.6 Å². The van der Waals surface area contributed by atoms with E-state index in [1.165, 1.54) is 5.56 Å². The van der Waals surface area contributed by atoms with Crippen LogP contribution in [0.25, 0.3) is 143 Å². The fraction of sp³-hybridized carbons (Fsp3) is 0.111. The lowest BCUT2D eigenvalue weighted by molar-refractivity contribution is 0.590. The number of hydrogen-bond donors (Lipinski definition) is 0. The zero-order chi connectivity index (χ0) is 82.4. The molecule has 19 aromatic rings. The summed E-state index contributed by atoms with van der Waals surface area (Å²) in [5.74, 6) is 0. The summed E-state index contributed by atoms with van der Waals surface area (Å²) < 4.78 is 74.1. The number of para-hydroxylation sites is 1. The van der Waals surface area contributed by atoms with E-state index in [4.69, 9.17) is 0 Å². The molecule has 3 aromatic heterocycles. The van der Waals surface area contributed by atoms with Gasteiger partial charge >= 0.3 is 0 Å². The van der Waals surface area contributed by atoms with Crippen molar-refractivity contribution in [2.24, 2.45) is 0 Å². The third-order valence-corrected chi connectivity index (χ3v) is 23.8. The van der Waals surface area contributed by atoms with Crippen LogP contribution in [0.15, 0.2) is 352 Å². The number of rotatable bonds is 10. The van der Waals surface area contributed by atoms with Crippen LogP contribution in [0.3, 0.4) is 0 Å². The first-order valence-corrected chi connectivity index (χ1v) is 39.4. The van der Waals surface area contributed by atoms with E-state index in [0.717, 1.165) is 172 Å². The topological polar surface area (TPSA) is 15.8 Å². The number of benzene rings is 16. The zero-order valence-corrected chi connectivity index (χ0v) is 64.8. The maximum Gasteiger partial charge on any atom is 0.252 e. The minimum absolute atomic E-state index is 0.0214. The molecule has 0 amide bonds. The molecular formula is C108H85BN4. The third-order valence-electron chi connectivity index (χ3n) is 23.8. The normalized spacial score (nSPS) is 13.8. The number of nitrogens with zero attached hydrogens (tertiary/aromatic N) is 4. The third kappa shape index (κ3) is 10.8. The van der Waals surface area contributed by atoms with E-state index in [1.807, 2.05) is 25.3 Å². The average molecular weight is 1460 g/mol. The van der Waals surface area contributed by atoms with Gasteiger partial charge in [-0.25, -0.2) is 0 Å². The van der Waals surface area contributed by atoms with Crippen molar-refractivity contribution in [1.29, 1.82) is 0 Å². The van der Waals surface area contributed by atoms with Crippen LogP contribution >= 0.6 is 0 Å². The molecule has 16 aromatic carbocycles. The molecule has 0 radical (unpaired) electrons. The van der Waals surface area contributed by atoms with Crippen molar-refractivity contribution >= 4 is 117 Å². The predicted molar refractivity (Wildman–Crippen MR) is 484 cm³/mol. The van der Waals surface area contributed by atoms with Crippen molar-refractivity contribution in [3.05, 3.63) is 368 Å². The number of aromatic nitrogens is 2. The van der Waals surface area contributed by atoms with Gasteiger partial charge in [0.2, 0.25) is 0 Å². The van der Waals surface area contributed by atoms with Gasteiger partial charge in [-0.15, -0.1) is 0 Å². The van der Waals surface area contributed by atoms with E-state index in [1.54, 1.807) is 0 Å². The van der Waals surface area contributed by atoms with Crippen LogP contribution in [0.5, 0.6) is 0 Å². The maximum absolute atomic E-state index is 10.6. The lowest BCUT2D eigenvalue weighted by Crippen LogP contribution is -2.61. The fourth-order valence-corrected chi connectivity index (χ4v) is 18.3. The quantitative estimate of drug-likeness (QED) is 0.127. The second-order valence-corrected chi connectivity index (χ2v) is 33.8. The molecule has 0 spiro atoms. The van der Waals surface area contributed by atoms with Crippen molar-refractivity contribution in [3.8, 4) is 83.6 Å². The molecule has 5 heteroatoms. The van der Waals surface area contributed by atoms with E-state index in [9.17, 15) is 9.60 Å². The van der Waals surface area contributed by atoms with E-state index >= 15 is 0 Å². The second-order valence-electron chi connectivity index (χ2n) is 33.8. The van der Waals surface area contributed by atoms with Crippen LogP contribution in [0.4, 0.5) is 34.1 Å². The second kappa shape index (κ2) is 25.7. The van der Waals surface area contributed by atoms with Crippen LogP contribution in [0, 0.1) is 0 Å². The summed E-state index contributed by atoms with van der Waals surface area (Å²) >= 11 is 0. The number of hydrogen-bond acceptors (Lipinski definition) is 2. The Balaban J connectivity index is 1.05. The maximum atomic E-state index is 10.6. The molecular weight excluding hydrogens is 1360 g/mol. The monoisotopic (exact) mass is 1460 g/mol. The van der Waals surface area contributed by atoms with Crippen molar-refractivity contribution in [2.75, 3.05) is 9.80 Å². The molecule has 5 heterocycles. The summed E-state index contributed by atoms with van der Waals surface area (Å²) in [7, 11) is 0. The zero-order valence-electron chi connectivity index (χ0n) is 71.8. The van der Waals surface area contributed by atoms with Crippen LogP contribution in [-0.4, -0.2) is 15.7 Å². The lowest BCUT2D eigenvalue weighted by Gasteiger charge is -2.46. The lowest BCUT2D eigenvalue weighted by atomic mass is 9.33. The first-order valence-electron chi connectivity index (χ1n) is 42.9.